The molecule has 0 spiro atoms. The lowest BCUT2D eigenvalue weighted by Gasteiger charge is -2.16. The Morgan fingerprint density at radius 3 is 2.68 bits per heavy atom. The van der Waals surface area contributed by atoms with Crippen molar-refractivity contribution in [3.8, 4) is 11.8 Å². The van der Waals surface area contributed by atoms with Gasteiger partial charge in [-0.2, -0.15) is 5.26 Å². The molecule has 1 unspecified atom stereocenters. The van der Waals surface area contributed by atoms with E-state index in [0.717, 1.165) is 0 Å². The minimum Gasteiger partial charge on any atom is -0.489 e. The molecule has 0 bridgehead atoms. The number of aliphatic hydroxyl groups excluding tert-OH is 1. The van der Waals surface area contributed by atoms with Crippen LogP contribution in [-0.4, -0.2) is 36.3 Å². The molecule has 0 aliphatic carbocycles. The number of rotatable bonds is 7. The first kappa shape index (κ1) is 20.2. The largest absolute Gasteiger partial charge is 0.489 e. The zero-order valence-electron chi connectivity index (χ0n) is 12.9. The second-order valence-electron chi connectivity index (χ2n) is 5.03. The predicted octanol–water partition coefficient (Wildman–Crippen LogP) is 1.68. The number of halogens is 1. The average molecular weight is 328 g/mol. The second kappa shape index (κ2) is 10.0. The first-order valence-electron chi connectivity index (χ1n) is 6.78. The summed E-state index contributed by atoms with van der Waals surface area (Å²) in [5, 5.41) is 24.6. The molecule has 3 N–H and O–H groups in total. The van der Waals surface area contributed by atoms with Crippen molar-refractivity contribution in [3.05, 3.63) is 23.8 Å². The summed E-state index contributed by atoms with van der Waals surface area (Å²) in [4.78, 5) is 11.0. The maximum Gasteiger partial charge on any atom is 0.221 e. The number of anilines is 1. The average Bonchev–Trinajstić information content (AvgIpc) is 2.42. The van der Waals surface area contributed by atoms with Gasteiger partial charge in [-0.1, -0.05) is 13.8 Å². The summed E-state index contributed by atoms with van der Waals surface area (Å²) in [5.74, 6) is 0.179. The van der Waals surface area contributed by atoms with Crippen molar-refractivity contribution in [2.75, 3.05) is 18.5 Å². The number of aliphatic hydroxyl groups is 1. The Labute approximate surface area is 136 Å². The molecule has 7 heteroatoms. The highest BCUT2D eigenvalue weighted by Gasteiger charge is 2.10. The van der Waals surface area contributed by atoms with Gasteiger partial charge in [-0.25, -0.2) is 0 Å². The lowest BCUT2D eigenvalue weighted by Crippen LogP contribution is -2.35. The van der Waals surface area contributed by atoms with Crippen molar-refractivity contribution in [2.45, 2.75) is 32.9 Å². The fourth-order valence-electron chi connectivity index (χ4n) is 1.64. The van der Waals surface area contributed by atoms with Gasteiger partial charge in [0, 0.05) is 25.2 Å². The van der Waals surface area contributed by atoms with Gasteiger partial charge in [0.2, 0.25) is 5.91 Å². The van der Waals surface area contributed by atoms with Crippen LogP contribution >= 0.6 is 12.4 Å². The lowest BCUT2D eigenvalue weighted by molar-refractivity contribution is -0.114. The molecule has 1 amide bonds. The van der Waals surface area contributed by atoms with Gasteiger partial charge in [-0.3, -0.25) is 4.79 Å². The van der Waals surface area contributed by atoms with Gasteiger partial charge < -0.3 is 20.5 Å². The lowest BCUT2D eigenvalue weighted by atomic mass is 10.2. The summed E-state index contributed by atoms with van der Waals surface area (Å²) in [6.45, 7) is 5.89. The molecule has 1 aromatic carbocycles. The predicted molar refractivity (Wildman–Crippen MR) is 87.3 cm³/mol. The maximum atomic E-state index is 11.0. The van der Waals surface area contributed by atoms with Crippen LogP contribution in [0.4, 0.5) is 5.69 Å². The molecule has 6 nitrogen and oxygen atoms in total. The maximum absolute atomic E-state index is 11.0. The van der Waals surface area contributed by atoms with Crippen molar-refractivity contribution in [3.63, 3.8) is 0 Å². The van der Waals surface area contributed by atoms with E-state index in [1.165, 1.54) is 13.0 Å². The number of benzene rings is 1. The third-order valence-corrected chi connectivity index (χ3v) is 2.61. The number of carbonyl (C=O) groups excluding carboxylic acids is 1. The topological polar surface area (TPSA) is 94.4 Å². The van der Waals surface area contributed by atoms with Crippen molar-refractivity contribution < 1.29 is 14.6 Å². The molecule has 0 radical (unpaired) electrons. The van der Waals surface area contributed by atoms with Crippen LogP contribution in [-0.2, 0) is 4.79 Å². The summed E-state index contributed by atoms with van der Waals surface area (Å²) in [5.41, 5.74) is 0.846. The fraction of sp³-hybridized carbons (Fsp3) is 0.467. The Bertz CT molecular complexity index is 529. The molecular weight excluding hydrogens is 306 g/mol. The Morgan fingerprint density at radius 2 is 2.14 bits per heavy atom. The van der Waals surface area contributed by atoms with Crippen molar-refractivity contribution >= 4 is 24.0 Å². The number of carbonyl (C=O) groups is 1. The highest BCUT2D eigenvalue weighted by molar-refractivity contribution is 5.89. The van der Waals surface area contributed by atoms with Gasteiger partial charge >= 0.3 is 0 Å². The van der Waals surface area contributed by atoms with E-state index in [4.69, 9.17) is 10.00 Å². The molecule has 0 aliphatic rings. The molecule has 1 atom stereocenters. The summed E-state index contributed by atoms with van der Waals surface area (Å²) >= 11 is 0. The summed E-state index contributed by atoms with van der Waals surface area (Å²) in [6, 6.07) is 7.08. The third-order valence-electron chi connectivity index (χ3n) is 2.61. The molecule has 0 saturated carbocycles. The number of ether oxygens (including phenoxy) is 1. The molecule has 0 aromatic heterocycles. The number of nitriles is 1. The van der Waals surface area contributed by atoms with E-state index in [9.17, 15) is 9.90 Å². The van der Waals surface area contributed by atoms with E-state index < -0.39 is 6.10 Å². The van der Waals surface area contributed by atoms with Gasteiger partial charge in [0.05, 0.1) is 5.56 Å². The second-order valence-corrected chi connectivity index (χ2v) is 5.03. The minimum atomic E-state index is -0.658. The van der Waals surface area contributed by atoms with Crippen LogP contribution < -0.4 is 15.4 Å². The van der Waals surface area contributed by atoms with E-state index >= 15 is 0 Å². The number of amides is 1. The van der Waals surface area contributed by atoms with Crippen molar-refractivity contribution in [1.82, 2.24) is 5.32 Å². The van der Waals surface area contributed by atoms with Gasteiger partial charge in [0.25, 0.3) is 0 Å². The quantitative estimate of drug-likeness (QED) is 0.708. The van der Waals surface area contributed by atoms with Crippen LogP contribution in [0.25, 0.3) is 0 Å². The van der Waals surface area contributed by atoms with Crippen molar-refractivity contribution in [2.24, 2.45) is 0 Å². The molecule has 122 valence electrons. The molecule has 0 heterocycles. The standard InChI is InChI=1S/C15H21N3O3.ClH/c1-10(2)17-8-14(20)9-21-15-5-4-13(18-11(3)19)6-12(15)7-16;/h4-6,10,14,17,20H,8-9H2,1-3H3,(H,18,19);1H. The number of hydrogen-bond donors (Lipinski definition) is 3. The monoisotopic (exact) mass is 327 g/mol. The first-order chi connectivity index (χ1) is 9.92. The van der Waals surface area contributed by atoms with Crippen LogP contribution in [0.5, 0.6) is 5.75 Å². The van der Waals surface area contributed by atoms with E-state index in [2.05, 4.69) is 10.6 Å². The third kappa shape index (κ3) is 7.27. The minimum absolute atomic E-state index is 0. The van der Waals surface area contributed by atoms with E-state index in [0.29, 0.717) is 23.5 Å². The first-order valence-corrected chi connectivity index (χ1v) is 6.78. The molecule has 0 saturated heterocycles. The SMILES string of the molecule is CC(=O)Nc1ccc(OCC(O)CNC(C)C)c(C#N)c1.Cl. The van der Waals surface area contributed by atoms with E-state index in [1.807, 2.05) is 19.9 Å². The van der Waals surface area contributed by atoms with Crippen LogP contribution in [0.2, 0.25) is 0 Å². The van der Waals surface area contributed by atoms with Crippen LogP contribution in [0, 0.1) is 11.3 Å². The molecule has 1 rings (SSSR count). The smallest absolute Gasteiger partial charge is 0.221 e. The number of hydrogen-bond acceptors (Lipinski definition) is 5. The van der Waals surface area contributed by atoms with Crippen LogP contribution in [0.1, 0.15) is 26.3 Å². The molecule has 1 aromatic rings. The van der Waals surface area contributed by atoms with Gasteiger partial charge in [0.15, 0.2) is 0 Å². The zero-order chi connectivity index (χ0) is 15.8. The van der Waals surface area contributed by atoms with E-state index in [1.54, 1.807) is 12.1 Å². The fourth-order valence-corrected chi connectivity index (χ4v) is 1.64. The van der Waals surface area contributed by atoms with E-state index in [-0.39, 0.29) is 31.0 Å². The number of nitrogens with one attached hydrogen (secondary N) is 2. The van der Waals surface area contributed by atoms with Crippen molar-refractivity contribution in [1.29, 1.82) is 5.26 Å². The zero-order valence-corrected chi connectivity index (χ0v) is 13.7. The Hall–Kier alpha value is -1.81. The summed E-state index contributed by atoms with van der Waals surface area (Å²) < 4.78 is 5.46. The Kier molecular flexibility index (Phi) is 9.18. The van der Waals surface area contributed by atoms with Crippen LogP contribution in [0.15, 0.2) is 18.2 Å². The summed E-state index contributed by atoms with van der Waals surface area (Å²) in [6.07, 6.45) is -0.658. The van der Waals surface area contributed by atoms with Gasteiger partial charge in [0.1, 0.15) is 24.5 Å². The van der Waals surface area contributed by atoms with Crippen LogP contribution in [0.3, 0.4) is 0 Å². The molecule has 22 heavy (non-hydrogen) atoms. The Balaban J connectivity index is 0.00000441. The summed E-state index contributed by atoms with van der Waals surface area (Å²) in [7, 11) is 0. The van der Waals surface area contributed by atoms with Gasteiger partial charge in [-0.15, -0.1) is 12.4 Å². The highest BCUT2D eigenvalue weighted by atomic mass is 35.5. The van der Waals surface area contributed by atoms with Gasteiger partial charge in [-0.05, 0) is 18.2 Å². The normalized spacial score (nSPS) is 11.3. The molecule has 0 aliphatic heterocycles. The molecule has 0 fully saturated rings. The highest BCUT2D eigenvalue weighted by Crippen LogP contribution is 2.22. The Morgan fingerprint density at radius 1 is 1.45 bits per heavy atom. The molecular formula is C15H22ClN3O3. The number of nitrogens with zero attached hydrogens (tertiary/aromatic N) is 1.